The number of nitrogens with one attached hydrogen (secondary N) is 2. The van der Waals surface area contributed by atoms with Crippen LogP contribution >= 0.6 is 23.8 Å². The second-order valence-electron chi connectivity index (χ2n) is 6.33. The summed E-state index contributed by atoms with van der Waals surface area (Å²) in [5.74, 6) is 0. The number of benzene rings is 2. The van der Waals surface area contributed by atoms with Crippen molar-refractivity contribution in [2.24, 2.45) is 5.10 Å². The Morgan fingerprint density at radius 2 is 1.90 bits per heavy atom. The number of hydrogen-bond acceptors (Lipinski definition) is 7. The van der Waals surface area contributed by atoms with Crippen LogP contribution in [0.3, 0.4) is 0 Å². The third kappa shape index (κ3) is 5.95. The molecule has 0 radical (unpaired) electrons. The van der Waals surface area contributed by atoms with Gasteiger partial charge in [-0.2, -0.15) is 9.41 Å². The van der Waals surface area contributed by atoms with Crippen molar-refractivity contribution in [3.05, 3.63) is 63.2 Å². The number of nitrogens with zero attached hydrogens (tertiary/aromatic N) is 3. The molecule has 0 aliphatic carbocycles. The molecule has 0 unspecified atom stereocenters. The summed E-state index contributed by atoms with van der Waals surface area (Å²) in [6.07, 6.45) is 1.36. The third-order valence-electron chi connectivity index (χ3n) is 4.27. The van der Waals surface area contributed by atoms with Gasteiger partial charge in [-0.15, -0.1) is 0 Å². The zero-order valence-corrected chi connectivity index (χ0v) is 18.4. The van der Waals surface area contributed by atoms with E-state index in [2.05, 4.69) is 15.8 Å². The van der Waals surface area contributed by atoms with E-state index in [1.54, 1.807) is 18.2 Å². The molecule has 164 valence electrons. The van der Waals surface area contributed by atoms with Gasteiger partial charge in [-0.25, -0.2) is 8.42 Å². The Labute approximate surface area is 189 Å². The molecule has 0 bridgehead atoms. The first-order valence-corrected chi connectivity index (χ1v) is 11.2. The number of halogens is 1. The maximum atomic E-state index is 12.6. The summed E-state index contributed by atoms with van der Waals surface area (Å²) in [6, 6.07) is 10.4. The van der Waals surface area contributed by atoms with Crippen molar-refractivity contribution in [2.45, 2.75) is 4.90 Å². The Bertz CT molecular complexity index is 1100. The van der Waals surface area contributed by atoms with Gasteiger partial charge in [0, 0.05) is 30.4 Å². The van der Waals surface area contributed by atoms with Crippen LogP contribution in [-0.4, -0.2) is 55.3 Å². The molecule has 3 rings (SSSR count). The third-order valence-corrected chi connectivity index (χ3v) is 6.69. The highest BCUT2D eigenvalue weighted by atomic mass is 35.5. The van der Waals surface area contributed by atoms with E-state index in [1.165, 1.54) is 34.8 Å². The number of hydrazone groups is 1. The second-order valence-corrected chi connectivity index (χ2v) is 9.09. The number of sulfonamides is 1. The molecule has 0 aromatic heterocycles. The molecule has 13 heteroatoms. The summed E-state index contributed by atoms with van der Waals surface area (Å²) in [6.45, 7) is 1.40. The number of rotatable bonds is 6. The van der Waals surface area contributed by atoms with Gasteiger partial charge in [0.1, 0.15) is 5.02 Å². The minimum atomic E-state index is -3.57. The first kappa shape index (κ1) is 23.0. The topological polar surface area (TPSA) is 126 Å². The van der Waals surface area contributed by atoms with Gasteiger partial charge >= 0.3 is 0 Å². The Hall–Kier alpha value is -2.64. The molecule has 1 aliphatic rings. The number of nitro groups is 1. The lowest BCUT2D eigenvalue weighted by Crippen LogP contribution is -2.40. The van der Waals surface area contributed by atoms with Crippen molar-refractivity contribution in [1.29, 1.82) is 0 Å². The lowest BCUT2D eigenvalue weighted by molar-refractivity contribution is -0.384. The van der Waals surface area contributed by atoms with Crippen molar-refractivity contribution < 1.29 is 18.1 Å². The summed E-state index contributed by atoms with van der Waals surface area (Å²) in [5, 5.41) is 17.9. The molecular weight excluding hydrogens is 466 g/mol. The van der Waals surface area contributed by atoms with Crippen LogP contribution in [0.2, 0.25) is 5.02 Å². The lowest BCUT2D eigenvalue weighted by Gasteiger charge is -2.26. The summed E-state index contributed by atoms with van der Waals surface area (Å²) >= 11 is 10.9. The van der Waals surface area contributed by atoms with Gasteiger partial charge in [-0.3, -0.25) is 15.5 Å². The smallest absolute Gasteiger partial charge is 0.288 e. The minimum Gasteiger partial charge on any atom is -0.379 e. The van der Waals surface area contributed by atoms with E-state index in [1.807, 2.05) is 0 Å². The van der Waals surface area contributed by atoms with Crippen LogP contribution < -0.4 is 10.7 Å². The average molecular weight is 484 g/mol. The van der Waals surface area contributed by atoms with Crippen LogP contribution in [0.15, 0.2) is 52.5 Å². The highest BCUT2D eigenvalue weighted by Crippen LogP contribution is 2.24. The van der Waals surface area contributed by atoms with E-state index in [0.717, 1.165) is 0 Å². The molecule has 2 N–H and O–H groups in total. The van der Waals surface area contributed by atoms with E-state index in [4.69, 9.17) is 28.6 Å². The van der Waals surface area contributed by atoms with Crippen LogP contribution in [0.4, 0.5) is 11.4 Å². The summed E-state index contributed by atoms with van der Waals surface area (Å²) in [5.41, 5.74) is 3.39. The van der Waals surface area contributed by atoms with Crippen molar-refractivity contribution in [3.8, 4) is 0 Å². The normalized spacial score (nSPS) is 15.0. The monoisotopic (exact) mass is 483 g/mol. The molecule has 0 atom stereocenters. The standard InChI is InChI=1S/C18H18ClN5O5S2/c19-16-6-1-13(11-17(16)24(25)26)12-20-22-18(30)21-14-2-4-15(5-3-14)31(27,28)23-7-9-29-10-8-23/h1-6,11-12H,7-10H2,(H2,21,22,30). The predicted octanol–water partition coefficient (Wildman–Crippen LogP) is 2.59. The molecule has 0 saturated carbocycles. The number of anilines is 1. The van der Waals surface area contributed by atoms with Crippen molar-refractivity contribution in [2.75, 3.05) is 31.6 Å². The SMILES string of the molecule is O=[N+]([O-])c1cc(C=NNC(=S)Nc2ccc(S(=O)(=O)N3CCOCC3)cc2)ccc1Cl. The Morgan fingerprint density at radius 3 is 2.55 bits per heavy atom. The van der Waals surface area contributed by atoms with Crippen LogP contribution in [-0.2, 0) is 14.8 Å². The van der Waals surface area contributed by atoms with Gasteiger partial charge in [0.25, 0.3) is 5.69 Å². The Balaban J connectivity index is 1.58. The molecular formula is C18H18ClN5O5S2. The molecule has 10 nitrogen and oxygen atoms in total. The van der Waals surface area contributed by atoms with E-state index in [0.29, 0.717) is 37.6 Å². The van der Waals surface area contributed by atoms with Crippen LogP contribution in [0.5, 0.6) is 0 Å². The zero-order valence-electron chi connectivity index (χ0n) is 16.0. The maximum absolute atomic E-state index is 12.6. The largest absolute Gasteiger partial charge is 0.379 e. The van der Waals surface area contributed by atoms with Gasteiger partial charge < -0.3 is 10.1 Å². The van der Waals surface area contributed by atoms with Crippen LogP contribution in [0, 0.1) is 10.1 Å². The quantitative estimate of drug-likeness (QED) is 0.278. The van der Waals surface area contributed by atoms with Crippen molar-refractivity contribution >= 4 is 56.5 Å². The van der Waals surface area contributed by atoms with Gasteiger partial charge in [0.05, 0.1) is 29.2 Å². The van der Waals surface area contributed by atoms with E-state index < -0.39 is 14.9 Å². The molecule has 1 aliphatic heterocycles. The molecule has 0 spiro atoms. The van der Waals surface area contributed by atoms with Gasteiger partial charge in [-0.05, 0) is 42.5 Å². The molecule has 1 heterocycles. The van der Waals surface area contributed by atoms with E-state index in [-0.39, 0.29) is 20.7 Å². The molecule has 2 aromatic carbocycles. The number of ether oxygens (including phenoxy) is 1. The average Bonchev–Trinajstić information content (AvgIpc) is 2.75. The highest BCUT2D eigenvalue weighted by Gasteiger charge is 2.26. The van der Waals surface area contributed by atoms with Crippen molar-refractivity contribution in [3.63, 3.8) is 0 Å². The first-order valence-electron chi connectivity index (χ1n) is 8.99. The number of nitro benzene ring substituents is 1. The minimum absolute atomic E-state index is 0.0337. The maximum Gasteiger partial charge on any atom is 0.288 e. The van der Waals surface area contributed by atoms with Gasteiger partial charge in [0.2, 0.25) is 10.0 Å². The fraction of sp³-hybridized carbons (Fsp3) is 0.222. The number of hydrogen-bond donors (Lipinski definition) is 2. The molecule has 1 saturated heterocycles. The molecule has 2 aromatic rings. The molecule has 1 fully saturated rings. The molecule has 31 heavy (non-hydrogen) atoms. The Kier molecular flexibility index (Phi) is 7.51. The number of thiocarbonyl (C=S) groups is 1. The fourth-order valence-electron chi connectivity index (χ4n) is 2.72. The van der Waals surface area contributed by atoms with Crippen LogP contribution in [0.1, 0.15) is 5.56 Å². The fourth-order valence-corrected chi connectivity index (χ4v) is 4.49. The number of morpholine rings is 1. The second kappa shape index (κ2) is 10.1. The van der Waals surface area contributed by atoms with E-state index in [9.17, 15) is 18.5 Å². The van der Waals surface area contributed by atoms with Crippen LogP contribution in [0.25, 0.3) is 0 Å². The van der Waals surface area contributed by atoms with Gasteiger partial charge in [-0.1, -0.05) is 17.7 Å². The summed E-state index contributed by atoms with van der Waals surface area (Å²) in [4.78, 5) is 10.5. The zero-order chi connectivity index (χ0) is 22.4. The van der Waals surface area contributed by atoms with E-state index >= 15 is 0 Å². The molecule has 0 amide bonds. The summed E-state index contributed by atoms with van der Waals surface area (Å²) < 4.78 is 31.8. The Morgan fingerprint density at radius 1 is 1.23 bits per heavy atom. The van der Waals surface area contributed by atoms with Gasteiger partial charge in [0.15, 0.2) is 5.11 Å². The predicted molar refractivity (Wildman–Crippen MR) is 121 cm³/mol. The lowest BCUT2D eigenvalue weighted by atomic mass is 10.2. The summed E-state index contributed by atoms with van der Waals surface area (Å²) in [7, 11) is -3.57. The highest BCUT2D eigenvalue weighted by molar-refractivity contribution is 7.89. The van der Waals surface area contributed by atoms with Crippen molar-refractivity contribution in [1.82, 2.24) is 9.73 Å². The first-order chi connectivity index (χ1) is 14.8.